The molecule has 3 aromatic rings. The summed E-state index contributed by atoms with van der Waals surface area (Å²) in [7, 11) is 0. The van der Waals surface area contributed by atoms with Crippen LogP contribution in [-0.2, 0) is 16.0 Å². The summed E-state index contributed by atoms with van der Waals surface area (Å²) in [6.45, 7) is 2.26. The Bertz CT molecular complexity index is 1090. The van der Waals surface area contributed by atoms with Crippen LogP contribution in [0.15, 0.2) is 41.9 Å². The molecular weight excluding hydrogens is 432 g/mol. The highest BCUT2D eigenvalue weighted by Gasteiger charge is 2.48. The summed E-state index contributed by atoms with van der Waals surface area (Å²) in [5.74, 6) is 0.980. The van der Waals surface area contributed by atoms with Gasteiger partial charge in [-0.3, -0.25) is 19.4 Å². The van der Waals surface area contributed by atoms with Gasteiger partial charge in [-0.25, -0.2) is 9.99 Å². The second kappa shape index (κ2) is 8.64. The summed E-state index contributed by atoms with van der Waals surface area (Å²) in [4.78, 5) is 30.7. The highest BCUT2D eigenvalue weighted by molar-refractivity contribution is 8.01. The minimum atomic E-state index is -0.265. The van der Waals surface area contributed by atoms with Crippen LogP contribution in [0, 0.1) is 5.92 Å². The summed E-state index contributed by atoms with van der Waals surface area (Å²) < 4.78 is 1.98. The average Bonchev–Trinajstić information content (AvgIpc) is 3.42. The Morgan fingerprint density at radius 2 is 2.00 bits per heavy atom. The van der Waals surface area contributed by atoms with Gasteiger partial charge in [-0.15, -0.1) is 23.1 Å². The number of fused-ring (bicyclic) bond motifs is 1. The standard InChI is InChI=1S/C22H24N4O2S2.H2O/c1-15-7-9-22(10-8-15)26(20(28)14-30-22)24-19(27)11-17-13-29-21-23-18(12-25(17)21)16-5-3-2-4-6-16;/h2-6,12-13,15H,7-11,14H2,1H3,(H,24,27);1H2. The van der Waals surface area contributed by atoms with Gasteiger partial charge in [-0.05, 0) is 31.6 Å². The van der Waals surface area contributed by atoms with E-state index in [1.165, 1.54) is 11.3 Å². The number of hydrogen-bond donors (Lipinski definition) is 1. The van der Waals surface area contributed by atoms with Crippen LogP contribution >= 0.6 is 23.1 Å². The molecule has 2 aliphatic rings. The highest BCUT2D eigenvalue weighted by atomic mass is 32.2. The Morgan fingerprint density at radius 1 is 1.26 bits per heavy atom. The zero-order valence-corrected chi connectivity index (χ0v) is 19.0. The molecule has 2 amide bonds. The lowest BCUT2D eigenvalue weighted by Crippen LogP contribution is -2.56. The molecule has 1 spiro atoms. The van der Waals surface area contributed by atoms with E-state index in [2.05, 4.69) is 17.3 Å². The van der Waals surface area contributed by atoms with Crippen LogP contribution in [0.1, 0.15) is 38.3 Å². The topological polar surface area (TPSA) is 98.2 Å². The number of imidazole rings is 1. The van der Waals surface area contributed by atoms with Crippen LogP contribution in [0.3, 0.4) is 0 Å². The van der Waals surface area contributed by atoms with Gasteiger partial charge in [0.2, 0.25) is 5.91 Å². The maximum atomic E-state index is 12.9. The van der Waals surface area contributed by atoms with Crippen molar-refractivity contribution in [1.29, 1.82) is 0 Å². The predicted molar refractivity (Wildman–Crippen MR) is 124 cm³/mol. The Hall–Kier alpha value is -2.36. The minimum absolute atomic E-state index is 0. The van der Waals surface area contributed by atoms with Crippen molar-refractivity contribution >= 4 is 39.9 Å². The van der Waals surface area contributed by atoms with Gasteiger partial charge in [-0.1, -0.05) is 37.3 Å². The Balaban J connectivity index is 0.00000231. The van der Waals surface area contributed by atoms with Gasteiger partial charge in [-0.2, -0.15) is 0 Å². The van der Waals surface area contributed by atoms with Crippen molar-refractivity contribution in [2.75, 3.05) is 5.75 Å². The molecule has 3 heterocycles. The van der Waals surface area contributed by atoms with Crippen LogP contribution in [0.5, 0.6) is 0 Å². The molecule has 1 aliphatic heterocycles. The number of hydrazine groups is 1. The van der Waals surface area contributed by atoms with Crippen molar-refractivity contribution in [3.8, 4) is 11.3 Å². The summed E-state index contributed by atoms with van der Waals surface area (Å²) in [6.07, 6.45) is 6.26. The largest absolute Gasteiger partial charge is 0.412 e. The van der Waals surface area contributed by atoms with E-state index in [4.69, 9.17) is 0 Å². The first kappa shape index (κ1) is 21.9. The molecule has 2 fully saturated rings. The van der Waals surface area contributed by atoms with Gasteiger partial charge < -0.3 is 5.48 Å². The second-order valence-corrected chi connectivity index (χ2v) is 10.4. The van der Waals surface area contributed by atoms with Crippen molar-refractivity contribution in [2.45, 2.75) is 43.9 Å². The zero-order valence-electron chi connectivity index (χ0n) is 17.3. The Labute approximate surface area is 189 Å². The maximum absolute atomic E-state index is 12.9. The monoisotopic (exact) mass is 458 g/mol. The molecule has 0 atom stereocenters. The van der Waals surface area contributed by atoms with Crippen LogP contribution < -0.4 is 5.43 Å². The van der Waals surface area contributed by atoms with Crippen LogP contribution in [0.25, 0.3) is 16.2 Å². The molecule has 0 unspecified atom stereocenters. The summed E-state index contributed by atoms with van der Waals surface area (Å²) >= 11 is 3.21. The number of aromatic nitrogens is 2. The number of hydrogen-bond acceptors (Lipinski definition) is 5. The molecule has 1 aromatic carbocycles. The number of nitrogens with one attached hydrogen (secondary N) is 1. The molecule has 31 heavy (non-hydrogen) atoms. The normalized spacial score (nSPS) is 23.3. The molecule has 1 saturated carbocycles. The predicted octanol–water partition coefficient (Wildman–Crippen LogP) is 3.29. The third-order valence-electron chi connectivity index (χ3n) is 6.11. The average molecular weight is 459 g/mol. The van der Waals surface area contributed by atoms with Gasteiger partial charge in [0.05, 0.1) is 17.9 Å². The van der Waals surface area contributed by atoms with Crippen molar-refractivity contribution in [1.82, 2.24) is 19.8 Å². The van der Waals surface area contributed by atoms with Gasteiger partial charge in [0.25, 0.3) is 5.91 Å². The van der Waals surface area contributed by atoms with Crippen molar-refractivity contribution < 1.29 is 15.1 Å². The molecule has 2 aromatic heterocycles. The van der Waals surface area contributed by atoms with E-state index < -0.39 is 0 Å². The number of carbonyl (C=O) groups excluding carboxylic acids is 2. The van der Waals surface area contributed by atoms with Crippen LogP contribution in [-0.4, -0.2) is 42.3 Å². The lowest BCUT2D eigenvalue weighted by atomic mass is 9.86. The Kier molecular flexibility index (Phi) is 6.09. The molecule has 0 radical (unpaired) electrons. The number of benzene rings is 1. The number of thiazole rings is 1. The quantitative estimate of drug-likeness (QED) is 0.649. The van der Waals surface area contributed by atoms with Crippen molar-refractivity contribution in [3.63, 3.8) is 0 Å². The van der Waals surface area contributed by atoms with E-state index in [1.54, 1.807) is 16.8 Å². The number of rotatable bonds is 4. The molecule has 7 nitrogen and oxygen atoms in total. The van der Waals surface area contributed by atoms with E-state index in [9.17, 15) is 9.59 Å². The zero-order chi connectivity index (χ0) is 20.7. The molecule has 1 saturated heterocycles. The molecule has 5 rings (SSSR count). The van der Waals surface area contributed by atoms with Crippen molar-refractivity contribution in [2.24, 2.45) is 5.92 Å². The van der Waals surface area contributed by atoms with E-state index >= 15 is 0 Å². The van der Waals surface area contributed by atoms with Gasteiger partial charge in [0.1, 0.15) is 4.87 Å². The first-order valence-corrected chi connectivity index (χ1v) is 12.2. The SMILES string of the molecule is CC1CCC2(CC1)SCC(=O)N2NC(=O)Cc1csc2nc(-c3ccccc3)cn12.O. The fourth-order valence-corrected chi connectivity index (χ4v) is 6.53. The van der Waals surface area contributed by atoms with Crippen molar-refractivity contribution in [3.05, 3.63) is 47.6 Å². The molecule has 9 heteroatoms. The molecule has 3 N–H and O–H groups in total. The van der Waals surface area contributed by atoms with E-state index in [-0.39, 0.29) is 28.6 Å². The van der Waals surface area contributed by atoms with E-state index in [0.717, 1.165) is 47.6 Å². The highest BCUT2D eigenvalue weighted by Crippen LogP contribution is 2.47. The maximum Gasteiger partial charge on any atom is 0.252 e. The number of nitrogens with zero attached hydrogens (tertiary/aromatic N) is 3. The fraction of sp³-hybridized carbons (Fsp3) is 0.409. The number of thioether (sulfide) groups is 1. The van der Waals surface area contributed by atoms with Gasteiger partial charge in [0, 0.05) is 22.8 Å². The lowest BCUT2D eigenvalue weighted by molar-refractivity contribution is -0.143. The smallest absolute Gasteiger partial charge is 0.252 e. The summed E-state index contributed by atoms with van der Waals surface area (Å²) in [6, 6.07) is 10.0. The summed E-state index contributed by atoms with van der Waals surface area (Å²) in [5.41, 5.74) is 5.77. The third kappa shape index (κ3) is 4.09. The van der Waals surface area contributed by atoms with E-state index in [1.807, 2.05) is 46.3 Å². The van der Waals surface area contributed by atoms with Crippen LogP contribution in [0.2, 0.25) is 0 Å². The van der Waals surface area contributed by atoms with Gasteiger partial charge in [0.15, 0.2) is 4.96 Å². The number of amides is 2. The molecule has 1 aliphatic carbocycles. The number of carbonyl (C=O) groups is 2. The van der Waals surface area contributed by atoms with Crippen LogP contribution in [0.4, 0.5) is 0 Å². The second-order valence-electron chi connectivity index (χ2n) is 8.23. The summed E-state index contributed by atoms with van der Waals surface area (Å²) in [5, 5.41) is 3.61. The third-order valence-corrected chi connectivity index (χ3v) is 8.52. The first-order valence-electron chi connectivity index (χ1n) is 10.3. The molecule has 164 valence electrons. The lowest BCUT2D eigenvalue weighted by Gasteiger charge is -2.41. The van der Waals surface area contributed by atoms with E-state index in [0.29, 0.717) is 11.7 Å². The molecular formula is C22H26N4O3S2. The minimum Gasteiger partial charge on any atom is -0.412 e. The van der Waals surface area contributed by atoms with Gasteiger partial charge >= 0.3 is 0 Å². The fourth-order valence-electron chi connectivity index (χ4n) is 4.33. The molecule has 0 bridgehead atoms. The Morgan fingerprint density at radius 3 is 2.74 bits per heavy atom. The first-order chi connectivity index (χ1) is 14.5.